The standard InChI is InChI=1S/C25H26FN5O/c1-16-28-23(14-24(29-16)31(2)3)22(12-18-15-27-21-11-7-5-9-19(18)21)30-25(32)13-17-8-4-6-10-20(17)26/h4-11,14-15,22,27H,12-13H2,1-3H3,(H,30,32). The van der Waals surface area contributed by atoms with Gasteiger partial charge >= 0.3 is 0 Å². The van der Waals surface area contributed by atoms with Gasteiger partial charge in [-0.2, -0.15) is 0 Å². The summed E-state index contributed by atoms with van der Waals surface area (Å²) < 4.78 is 14.1. The molecule has 1 amide bonds. The number of H-pyrrole nitrogens is 1. The van der Waals surface area contributed by atoms with Crippen molar-refractivity contribution in [1.29, 1.82) is 0 Å². The highest BCUT2D eigenvalue weighted by atomic mass is 19.1. The van der Waals surface area contributed by atoms with E-state index in [4.69, 9.17) is 0 Å². The first-order chi connectivity index (χ1) is 15.4. The molecule has 6 nitrogen and oxygen atoms in total. The monoisotopic (exact) mass is 431 g/mol. The highest BCUT2D eigenvalue weighted by Gasteiger charge is 2.21. The average Bonchev–Trinajstić information content (AvgIpc) is 3.17. The van der Waals surface area contributed by atoms with Crippen LogP contribution in [-0.4, -0.2) is 35.0 Å². The third kappa shape index (κ3) is 4.77. The van der Waals surface area contributed by atoms with Crippen LogP contribution in [0.5, 0.6) is 0 Å². The van der Waals surface area contributed by atoms with Crippen LogP contribution in [0.1, 0.15) is 28.7 Å². The molecule has 4 rings (SSSR count). The zero-order valence-corrected chi connectivity index (χ0v) is 18.4. The Bertz CT molecular complexity index is 1250. The minimum atomic E-state index is -0.395. The summed E-state index contributed by atoms with van der Waals surface area (Å²) in [5, 5.41) is 4.17. The van der Waals surface area contributed by atoms with Crippen molar-refractivity contribution in [2.75, 3.05) is 19.0 Å². The number of hydrogen-bond acceptors (Lipinski definition) is 4. The second kappa shape index (κ2) is 9.18. The van der Waals surface area contributed by atoms with Gasteiger partial charge in [0.2, 0.25) is 5.91 Å². The van der Waals surface area contributed by atoms with Crippen LogP contribution in [-0.2, 0) is 17.6 Å². The lowest BCUT2D eigenvalue weighted by atomic mass is 10.0. The Balaban J connectivity index is 1.66. The zero-order chi connectivity index (χ0) is 22.7. The van der Waals surface area contributed by atoms with Crippen LogP contribution < -0.4 is 10.2 Å². The number of benzene rings is 2. The molecule has 0 spiro atoms. The van der Waals surface area contributed by atoms with E-state index in [1.165, 1.54) is 6.07 Å². The fourth-order valence-corrected chi connectivity index (χ4v) is 3.79. The fraction of sp³-hybridized carbons (Fsp3) is 0.240. The van der Waals surface area contributed by atoms with Crippen LogP contribution in [0.2, 0.25) is 0 Å². The van der Waals surface area contributed by atoms with E-state index in [-0.39, 0.29) is 18.1 Å². The smallest absolute Gasteiger partial charge is 0.225 e. The molecule has 2 heterocycles. The van der Waals surface area contributed by atoms with Crippen LogP contribution in [0.25, 0.3) is 10.9 Å². The summed E-state index contributed by atoms with van der Waals surface area (Å²) in [7, 11) is 3.83. The van der Waals surface area contributed by atoms with Crippen molar-refractivity contribution < 1.29 is 9.18 Å². The fourth-order valence-electron chi connectivity index (χ4n) is 3.79. The number of carbonyl (C=O) groups excluding carboxylic acids is 1. The Morgan fingerprint density at radius 1 is 1.09 bits per heavy atom. The average molecular weight is 432 g/mol. The number of rotatable bonds is 7. The number of para-hydroxylation sites is 1. The molecule has 0 fully saturated rings. The number of aryl methyl sites for hydroxylation is 1. The SMILES string of the molecule is Cc1nc(C(Cc2c[nH]c3ccccc23)NC(=O)Cc2ccccc2F)cc(N(C)C)n1. The largest absolute Gasteiger partial charge is 0.363 e. The van der Waals surface area contributed by atoms with Crippen molar-refractivity contribution >= 4 is 22.6 Å². The molecular formula is C25H26FN5O. The molecule has 2 aromatic heterocycles. The van der Waals surface area contributed by atoms with E-state index in [1.807, 2.05) is 56.4 Å². The van der Waals surface area contributed by atoms with Crippen molar-refractivity contribution in [3.63, 3.8) is 0 Å². The Labute approximate surface area is 186 Å². The van der Waals surface area contributed by atoms with Gasteiger partial charge in [-0.3, -0.25) is 4.79 Å². The lowest BCUT2D eigenvalue weighted by Gasteiger charge is -2.21. The zero-order valence-electron chi connectivity index (χ0n) is 18.4. The molecule has 0 saturated heterocycles. The summed E-state index contributed by atoms with van der Waals surface area (Å²) in [6.07, 6.45) is 2.46. The van der Waals surface area contributed by atoms with Crippen LogP contribution in [0, 0.1) is 12.7 Å². The Kier molecular flexibility index (Phi) is 6.16. The number of aromatic amines is 1. The second-order valence-electron chi connectivity index (χ2n) is 8.04. The Morgan fingerprint density at radius 2 is 1.84 bits per heavy atom. The van der Waals surface area contributed by atoms with Gasteiger partial charge in [-0.05, 0) is 30.2 Å². The van der Waals surface area contributed by atoms with Gasteiger partial charge in [0.1, 0.15) is 17.5 Å². The van der Waals surface area contributed by atoms with E-state index in [1.54, 1.807) is 18.2 Å². The number of halogens is 1. The van der Waals surface area contributed by atoms with Crippen molar-refractivity contribution in [3.05, 3.63) is 89.3 Å². The molecule has 164 valence electrons. The summed E-state index contributed by atoms with van der Waals surface area (Å²) in [5.74, 6) is 0.740. The van der Waals surface area contributed by atoms with Crippen LogP contribution in [0.4, 0.5) is 10.2 Å². The lowest BCUT2D eigenvalue weighted by molar-refractivity contribution is -0.121. The summed E-state index contributed by atoms with van der Waals surface area (Å²) in [5.41, 5.74) is 3.18. The third-order valence-corrected chi connectivity index (χ3v) is 5.40. The first kappa shape index (κ1) is 21.5. The maximum absolute atomic E-state index is 14.1. The van der Waals surface area contributed by atoms with Crippen molar-refractivity contribution in [2.45, 2.75) is 25.8 Å². The summed E-state index contributed by atoms with van der Waals surface area (Å²) in [6, 6.07) is 15.9. The van der Waals surface area contributed by atoms with E-state index >= 15 is 0 Å². The molecule has 4 aromatic rings. The molecule has 7 heteroatoms. The van der Waals surface area contributed by atoms with Gasteiger partial charge in [-0.25, -0.2) is 14.4 Å². The molecule has 1 atom stereocenters. The van der Waals surface area contributed by atoms with Crippen LogP contribution >= 0.6 is 0 Å². The van der Waals surface area contributed by atoms with Gasteiger partial charge in [-0.15, -0.1) is 0 Å². The van der Waals surface area contributed by atoms with E-state index in [2.05, 4.69) is 26.3 Å². The quantitative estimate of drug-likeness (QED) is 0.462. The van der Waals surface area contributed by atoms with E-state index in [9.17, 15) is 9.18 Å². The van der Waals surface area contributed by atoms with Crippen molar-refractivity contribution in [3.8, 4) is 0 Å². The molecule has 0 saturated carbocycles. The number of fused-ring (bicyclic) bond motifs is 1. The van der Waals surface area contributed by atoms with Crippen LogP contribution in [0.3, 0.4) is 0 Å². The second-order valence-corrected chi connectivity index (χ2v) is 8.04. The first-order valence-electron chi connectivity index (χ1n) is 10.5. The van der Waals surface area contributed by atoms with Crippen molar-refractivity contribution in [2.24, 2.45) is 0 Å². The molecule has 0 aliphatic carbocycles. The summed E-state index contributed by atoms with van der Waals surface area (Å²) in [4.78, 5) is 27.2. The van der Waals surface area contributed by atoms with E-state index in [0.717, 1.165) is 22.3 Å². The van der Waals surface area contributed by atoms with Gasteiger partial charge in [0, 0.05) is 43.7 Å². The molecule has 0 aliphatic heterocycles. The van der Waals surface area contributed by atoms with Gasteiger partial charge in [0.15, 0.2) is 0 Å². The molecule has 1 unspecified atom stereocenters. The van der Waals surface area contributed by atoms with Gasteiger partial charge < -0.3 is 15.2 Å². The topological polar surface area (TPSA) is 73.9 Å². The number of anilines is 1. The van der Waals surface area contributed by atoms with Gasteiger partial charge in [0.25, 0.3) is 0 Å². The highest BCUT2D eigenvalue weighted by molar-refractivity contribution is 5.83. The third-order valence-electron chi connectivity index (χ3n) is 5.40. The minimum absolute atomic E-state index is 0.0400. The normalized spacial score (nSPS) is 12.0. The van der Waals surface area contributed by atoms with Crippen LogP contribution in [0.15, 0.2) is 60.8 Å². The maximum atomic E-state index is 14.1. The molecular weight excluding hydrogens is 405 g/mol. The predicted molar refractivity (Wildman–Crippen MR) is 124 cm³/mol. The van der Waals surface area contributed by atoms with Gasteiger partial charge in [0.05, 0.1) is 18.2 Å². The minimum Gasteiger partial charge on any atom is -0.363 e. The number of hydrogen-bond donors (Lipinski definition) is 2. The molecule has 0 radical (unpaired) electrons. The predicted octanol–water partition coefficient (Wildman–Crippen LogP) is 4.11. The lowest BCUT2D eigenvalue weighted by Crippen LogP contribution is -2.32. The molecule has 32 heavy (non-hydrogen) atoms. The number of aromatic nitrogens is 3. The molecule has 2 aromatic carbocycles. The van der Waals surface area contributed by atoms with Gasteiger partial charge in [-0.1, -0.05) is 36.4 Å². The Morgan fingerprint density at radius 3 is 2.62 bits per heavy atom. The number of nitrogens with one attached hydrogen (secondary N) is 2. The van der Waals surface area contributed by atoms with Crippen molar-refractivity contribution in [1.82, 2.24) is 20.3 Å². The highest BCUT2D eigenvalue weighted by Crippen LogP contribution is 2.25. The molecule has 0 aliphatic rings. The molecule has 2 N–H and O–H groups in total. The maximum Gasteiger partial charge on any atom is 0.225 e. The number of carbonyl (C=O) groups is 1. The van der Waals surface area contributed by atoms with E-state index < -0.39 is 6.04 Å². The first-order valence-corrected chi connectivity index (χ1v) is 10.5. The number of nitrogens with zero attached hydrogens (tertiary/aromatic N) is 3. The summed E-state index contributed by atoms with van der Waals surface area (Å²) >= 11 is 0. The molecule has 0 bridgehead atoms. The number of amides is 1. The van der Waals surface area contributed by atoms with E-state index in [0.29, 0.717) is 23.5 Å². The Hall–Kier alpha value is -3.74. The summed E-state index contributed by atoms with van der Waals surface area (Å²) in [6.45, 7) is 1.83.